The van der Waals surface area contributed by atoms with Crippen molar-refractivity contribution in [2.45, 2.75) is 31.1 Å². The van der Waals surface area contributed by atoms with E-state index in [9.17, 15) is 17.6 Å². The molecule has 0 unspecified atom stereocenters. The van der Waals surface area contributed by atoms with Crippen molar-refractivity contribution < 1.29 is 17.6 Å². The number of alkyl halides is 4. The van der Waals surface area contributed by atoms with Crippen molar-refractivity contribution in [2.24, 2.45) is 0 Å². The van der Waals surface area contributed by atoms with Crippen molar-refractivity contribution in [1.29, 1.82) is 0 Å². The van der Waals surface area contributed by atoms with Gasteiger partial charge in [-0.2, -0.15) is 13.2 Å². The van der Waals surface area contributed by atoms with Crippen LogP contribution >= 0.6 is 11.6 Å². The Morgan fingerprint density at radius 1 is 1.32 bits per heavy atom. The van der Waals surface area contributed by atoms with Crippen molar-refractivity contribution in [1.82, 2.24) is 10.3 Å². The molecule has 0 radical (unpaired) electrons. The van der Waals surface area contributed by atoms with Gasteiger partial charge in [0.15, 0.2) is 0 Å². The summed E-state index contributed by atoms with van der Waals surface area (Å²) in [7, 11) is 0. The summed E-state index contributed by atoms with van der Waals surface area (Å²) >= 11 is 5.47. The van der Waals surface area contributed by atoms with E-state index in [0.29, 0.717) is 13.1 Å². The number of piperidine rings is 1. The van der Waals surface area contributed by atoms with Gasteiger partial charge < -0.3 is 5.32 Å². The second-order valence-electron chi connectivity index (χ2n) is 4.73. The average Bonchev–Trinajstić information content (AvgIpc) is 2.31. The maximum Gasteiger partial charge on any atom is 0.417 e. The molecule has 2 heterocycles. The Balaban J connectivity index is 2.21. The molecule has 0 aliphatic carbocycles. The van der Waals surface area contributed by atoms with Crippen molar-refractivity contribution in [3.63, 3.8) is 0 Å². The van der Waals surface area contributed by atoms with E-state index in [1.54, 1.807) is 0 Å². The van der Waals surface area contributed by atoms with Gasteiger partial charge in [0.25, 0.3) is 0 Å². The Morgan fingerprint density at radius 3 is 2.53 bits per heavy atom. The van der Waals surface area contributed by atoms with Crippen LogP contribution in [0.5, 0.6) is 0 Å². The molecule has 2 rings (SSSR count). The zero-order chi connectivity index (χ0) is 14.1. The zero-order valence-electron chi connectivity index (χ0n) is 10.0. The maximum atomic E-state index is 14.4. The number of hydrogen-bond donors (Lipinski definition) is 1. The van der Waals surface area contributed by atoms with Crippen LogP contribution < -0.4 is 5.32 Å². The molecule has 1 N–H and O–H groups in total. The number of rotatable bonds is 2. The van der Waals surface area contributed by atoms with Crippen LogP contribution in [-0.2, 0) is 12.6 Å². The monoisotopic (exact) mass is 296 g/mol. The first-order valence-corrected chi connectivity index (χ1v) is 6.29. The zero-order valence-corrected chi connectivity index (χ0v) is 10.8. The molecule has 19 heavy (non-hydrogen) atoms. The van der Waals surface area contributed by atoms with Crippen LogP contribution in [0.25, 0.3) is 0 Å². The second kappa shape index (κ2) is 5.25. The number of nitrogens with one attached hydrogen (secondary N) is 1. The quantitative estimate of drug-likeness (QED) is 0.846. The molecule has 0 aromatic carbocycles. The first-order valence-electron chi connectivity index (χ1n) is 5.91. The summed E-state index contributed by atoms with van der Waals surface area (Å²) in [5, 5.41) is 2.55. The minimum Gasteiger partial charge on any atom is -0.316 e. The Morgan fingerprint density at radius 2 is 1.95 bits per heavy atom. The molecule has 1 aromatic rings. The minimum absolute atomic E-state index is 0.0844. The van der Waals surface area contributed by atoms with Gasteiger partial charge in [-0.3, -0.25) is 4.98 Å². The summed E-state index contributed by atoms with van der Waals surface area (Å²) in [5.74, 6) is 0. The van der Waals surface area contributed by atoms with E-state index >= 15 is 0 Å². The fourth-order valence-electron chi connectivity index (χ4n) is 2.17. The molecular formula is C12H13ClF4N2. The van der Waals surface area contributed by atoms with Crippen LogP contribution in [0.3, 0.4) is 0 Å². The van der Waals surface area contributed by atoms with E-state index in [0.717, 1.165) is 12.3 Å². The normalized spacial score (nSPS) is 19.4. The van der Waals surface area contributed by atoms with Gasteiger partial charge in [0.05, 0.1) is 10.6 Å². The summed E-state index contributed by atoms with van der Waals surface area (Å²) in [6, 6.07) is 0.839. The molecule has 0 spiro atoms. The van der Waals surface area contributed by atoms with E-state index in [-0.39, 0.29) is 25.0 Å². The van der Waals surface area contributed by atoms with E-state index in [2.05, 4.69) is 10.3 Å². The fraction of sp³-hybridized carbons (Fsp3) is 0.583. The highest BCUT2D eigenvalue weighted by Crippen LogP contribution is 2.35. The molecule has 2 nitrogen and oxygen atoms in total. The summed E-state index contributed by atoms with van der Waals surface area (Å²) in [5.41, 5.74) is -2.37. The third-order valence-electron chi connectivity index (χ3n) is 3.21. The molecule has 0 bridgehead atoms. The molecule has 1 aliphatic rings. The lowest BCUT2D eigenvalue weighted by molar-refractivity contribution is -0.137. The van der Waals surface area contributed by atoms with Crippen molar-refractivity contribution in [3.05, 3.63) is 28.5 Å². The van der Waals surface area contributed by atoms with Crippen LogP contribution in [0.1, 0.15) is 24.1 Å². The summed E-state index contributed by atoms with van der Waals surface area (Å²) in [6.45, 7) is 1.05. The van der Waals surface area contributed by atoms with E-state index in [4.69, 9.17) is 11.6 Å². The van der Waals surface area contributed by atoms with Crippen LogP contribution in [-0.4, -0.2) is 23.7 Å². The van der Waals surface area contributed by atoms with Crippen molar-refractivity contribution in [3.8, 4) is 0 Å². The highest BCUT2D eigenvalue weighted by Gasteiger charge is 2.36. The third-order valence-corrected chi connectivity index (χ3v) is 3.52. The Kier molecular flexibility index (Phi) is 4.01. The number of pyridine rings is 1. The van der Waals surface area contributed by atoms with E-state index in [1.165, 1.54) is 0 Å². The van der Waals surface area contributed by atoms with Crippen LogP contribution in [0, 0.1) is 0 Å². The van der Waals surface area contributed by atoms with Gasteiger partial charge in [-0.05, 0) is 32.0 Å². The first-order chi connectivity index (χ1) is 8.80. The van der Waals surface area contributed by atoms with Crippen LogP contribution in [0.4, 0.5) is 17.6 Å². The summed E-state index contributed by atoms with van der Waals surface area (Å²) in [6.07, 6.45) is -3.18. The molecule has 1 aromatic heterocycles. The standard InChI is InChI=1S/C12H13ClF4N2/c13-10-7-19-8(5-9(10)12(15,16)17)6-11(14)1-3-18-4-2-11/h5,7,18H,1-4,6H2. The predicted molar refractivity (Wildman–Crippen MR) is 63.9 cm³/mol. The van der Waals surface area contributed by atoms with E-state index in [1.807, 2.05) is 0 Å². The minimum atomic E-state index is -4.55. The molecule has 1 saturated heterocycles. The van der Waals surface area contributed by atoms with Gasteiger partial charge in [0.2, 0.25) is 0 Å². The van der Waals surface area contributed by atoms with E-state index < -0.39 is 22.4 Å². The molecule has 1 fully saturated rings. The second-order valence-corrected chi connectivity index (χ2v) is 5.14. The molecule has 106 valence electrons. The molecular weight excluding hydrogens is 284 g/mol. The SMILES string of the molecule is FC1(Cc2cc(C(F)(F)F)c(Cl)cn2)CCNCC1. The van der Waals surface area contributed by atoms with Crippen LogP contribution in [0.2, 0.25) is 5.02 Å². The number of aromatic nitrogens is 1. The van der Waals surface area contributed by atoms with Crippen molar-refractivity contribution in [2.75, 3.05) is 13.1 Å². The summed E-state index contributed by atoms with van der Waals surface area (Å²) in [4.78, 5) is 3.80. The van der Waals surface area contributed by atoms with Gasteiger partial charge in [-0.1, -0.05) is 11.6 Å². The summed E-state index contributed by atoms with van der Waals surface area (Å²) < 4.78 is 52.5. The van der Waals surface area contributed by atoms with Gasteiger partial charge >= 0.3 is 6.18 Å². The van der Waals surface area contributed by atoms with Crippen molar-refractivity contribution >= 4 is 11.6 Å². The lowest BCUT2D eigenvalue weighted by Gasteiger charge is -2.29. The Bertz CT molecular complexity index is 456. The van der Waals surface area contributed by atoms with Gasteiger partial charge in [0.1, 0.15) is 5.67 Å². The molecule has 1 aliphatic heterocycles. The third kappa shape index (κ3) is 3.57. The predicted octanol–water partition coefficient (Wildman–Crippen LogP) is 3.39. The molecule has 0 amide bonds. The highest BCUT2D eigenvalue weighted by atomic mass is 35.5. The average molecular weight is 297 g/mol. The smallest absolute Gasteiger partial charge is 0.316 e. The Hall–Kier alpha value is -0.880. The lowest BCUT2D eigenvalue weighted by atomic mass is 9.89. The largest absolute Gasteiger partial charge is 0.417 e. The van der Waals surface area contributed by atoms with Gasteiger partial charge in [-0.15, -0.1) is 0 Å². The lowest BCUT2D eigenvalue weighted by Crippen LogP contribution is -2.40. The number of halogens is 5. The number of nitrogens with zero attached hydrogens (tertiary/aromatic N) is 1. The Labute approximate surface area is 113 Å². The highest BCUT2D eigenvalue weighted by molar-refractivity contribution is 6.31. The molecule has 0 atom stereocenters. The fourth-order valence-corrected chi connectivity index (χ4v) is 2.38. The molecule has 0 saturated carbocycles. The number of hydrogen-bond acceptors (Lipinski definition) is 2. The van der Waals surface area contributed by atoms with Gasteiger partial charge in [-0.25, -0.2) is 4.39 Å². The topological polar surface area (TPSA) is 24.9 Å². The maximum absolute atomic E-state index is 14.4. The molecule has 7 heteroatoms. The van der Waals surface area contributed by atoms with Gasteiger partial charge in [0, 0.05) is 18.3 Å². The van der Waals surface area contributed by atoms with Crippen LogP contribution in [0.15, 0.2) is 12.3 Å². The first kappa shape index (κ1) is 14.5.